The number of H-pyrrole nitrogens is 1. The van der Waals surface area contributed by atoms with Crippen LogP contribution in [-0.4, -0.2) is 49.1 Å². The van der Waals surface area contributed by atoms with Crippen LogP contribution < -0.4 is 19.5 Å². The minimum Gasteiger partial charge on any atom is -0.493 e. The smallest absolute Gasteiger partial charge is 0.247 e. The largest absolute Gasteiger partial charge is 0.493 e. The highest BCUT2D eigenvalue weighted by molar-refractivity contribution is 5.92. The average Bonchev–Trinajstić information content (AvgIpc) is 3.43. The van der Waals surface area contributed by atoms with E-state index in [1.54, 1.807) is 38.4 Å². The number of fused-ring (bicyclic) bond motifs is 1. The summed E-state index contributed by atoms with van der Waals surface area (Å²) in [6.45, 7) is 0.251. The molecule has 1 aliphatic carbocycles. The van der Waals surface area contributed by atoms with E-state index < -0.39 is 6.04 Å². The lowest BCUT2D eigenvalue weighted by atomic mass is 9.94. The van der Waals surface area contributed by atoms with Crippen LogP contribution in [0.2, 0.25) is 0 Å². The molecule has 1 heterocycles. The van der Waals surface area contributed by atoms with Gasteiger partial charge in [-0.2, -0.15) is 0 Å². The number of aromatic nitrogens is 1. The SMILES string of the molecule is COc1cc(C(C(=O)NC2CCCCC2)N(Cc2ccccc2)C(=O)Cc2c[nH]c3ccccc23)cc(OC)c1OC. The molecule has 3 aromatic carbocycles. The predicted molar refractivity (Wildman–Crippen MR) is 163 cm³/mol. The summed E-state index contributed by atoms with van der Waals surface area (Å²) in [6, 6.07) is 20.3. The number of nitrogens with one attached hydrogen (secondary N) is 2. The standard InChI is InChI=1S/C34H39N3O5/c1-40-29-18-24(19-30(41-2)33(29)42-3)32(34(39)36-26-14-8-5-9-15-26)37(22-23-12-6-4-7-13-23)31(38)20-25-21-35-28-17-11-10-16-27(25)28/h4,6-7,10-13,16-19,21,26,32,35H,5,8-9,14-15,20,22H2,1-3H3,(H,36,39). The summed E-state index contributed by atoms with van der Waals surface area (Å²) in [7, 11) is 4.63. The van der Waals surface area contributed by atoms with Crippen molar-refractivity contribution in [3.05, 3.63) is 89.6 Å². The summed E-state index contributed by atoms with van der Waals surface area (Å²) in [6.07, 6.45) is 7.19. The molecule has 0 aliphatic heterocycles. The normalized spacial score (nSPS) is 14.3. The molecule has 0 spiro atoms. The predicted octanol–water partition coefficient (Wildman–Crippen LogP) is 5.96. The Morgan fingerprint density at radius 2 is 1.57 bits per heavy atom. The van der Waals surface area contributed by atoms with E-state index in [0.29, 0.717) is 22.8 Å². The molecule has 1 aromatic heterocycles. The van der Waals surface area contributed by atoms with E-state index in [4.69, 9.17) is 14.2 Å². The maximum absolute atomic E-state index is 14.3. The number of para-hydroxylation sites is 1. The number of carbonyl (C=O) groups is 2. The minimum atomic E-state index is -0.932. The molecule has 0 bridgehead atoms. The summed E-state index contributed by atoms with van der Waals surface area (Å²) < 4.78 is 16.8. The zero-order chi connectivity index (χ0) is 29.5. The summed E-state index contributed by atoms with van der Waals surface area (Å²) in [4.78, 5) is 33.6. The first kappa shape index (κ1) is 29.0. The molecule has 0 radical (unpaired) electrons. The van der Waals surface area contributed by atoms with Crippen molar-refractivity contribution < 1.29 is 23.8 Å². The van der Waals surface area contributed by atoms with Gasteiger partial charge in [0.25, 0.3) is 0 Å². The number of benzene rings is 3. The van der Waals surface area contributed by atoms with Crippen molar-refractivity contribution in [2.24, 2.45) is 0 Å². The molecule has 4 aromatic rings. The molecule has 1 saturated carbocycles. The zero-order valence-corrected chi connectivity index (χ0v) is 24.5. The zero-order valence-electron chi connectivity index (χ0n) is 24.5. The summed E-state index contributed by atoms with van der Waals surface area (Å²) in [5.74, 6) is 0.882. The number of rotatable bonds is 11. The highest BCUT2D eigenvalue weighted by Crippen LogP contribution is 2.41. The van der Waals surface area contributed by atoms with E-state index >= 15 is 0 Å². The topological polar surface area (TPSA) is 92.9 Å². The van der Waals surface area contributed by atoms with Crippen molar-refractivity contribution in [3.63, 3.8) is 0 Å². The van der Waals surface area contributed by atoms with Gasteiger partial charge in [0.15, 0.2) is 11.5 Å². The molecule has 1 aliphatic rings. The molecule has 1 atom stereocenters. The van der Waals surface area contributed by atoms with Crippen LogP contribution >= 0.6 is 0 Å². The molecule has 220 valence electrons. The molecular weight excluding hydrogens is 530 g/mol. The number of nitrogens with zero attached hydrogens (tertiary/aromatic N) is 1. The Bertz CT molecular complexity index is 1490. The van der Waals surface area contributed by atoms with Gasteiger partial charge in [-0.25, -0.2) is 0 Å². The fourth-order valence-electron chi connectivity index (χ4n) is 5.91. The lowest BCUT2D eigenvalue weighted by Gasteiger charge is -2.34. The number of carbonyl (C=O) groups excluding carboxylic acids is 2. The van der Waals surface area contributed by atoms with Crippen molar-refractivity contribution in [1.82, 2.24) is 15.2 Å². The Balaban J connectivity index is 1.59. The van der Waals surface area contributed by atoms with Gasteiger partial charge in [0.2, 0.25) is 17.6 Å². The quantitative estimate of drug-likeness (QED) is 0.233. The molecule has 8 nitrogen and oxygen atoms in total. The van der Waals surface area contributed by atoms with Gasteiger partial charge in [0.05, 0.1) is 27.8 Å². The first-order valence-corrected chi connectivity index (χ1v) is 14.5. The van der Waals surface area contributed by atoms with Crippen LogP contribution in [0.3, 0.4) is 0 Å². The first-order valence-electron chi connectivity index (χ1n) is 14.5. The lowest BCUT2D eigenvalue weighted by molar-refractivity contribution is -0.141. The first-order chi connectivity index (χ1) is 20.5. The van der Waals surface area contributed by atoms with Crippen LogP contribution in [-0.2, 0) is 22.6 Å². The van der Waals surface area contributed by atoms with Gasteiger partial charge in [-0.05, 0) is 47.7 Å². The minimum absolute atomic E-state index is 0.0677. The number of amides is 2. The van der Waals surface area contributed by atoms with E-state index in [-0.39, 0.29) is 30.8 Å². The Morgan fingerprint density at radius 3 is 2.24 bits per heavy atom. The Labute approximate surface area is 247 Å². The Hall–Kier alpha value is -4.46. The van der Waals surface area contributed by atoms with Gasteiger partial charge in [0, 0.05) is 29.7 Å². The van der Waals surface area contributed by atoms with E-state index in [9.17, 15) is 9.59 Å². The molecule has 42 heavy (non-hydrogen) atoms. The molecule has 0 saturated heterocycles. The van der Waals surface area contributed by atoms with E-state index in [1.807, 2.05) is 60.8 Å². The maximum Gasteiger partial charge on any atom is 0.247 e. The molecule has 8 heteroatoms. The number of hydrogen-bond donors (Lipinski definition) is 2. The lowest BCUT2D eigenvalue weighted by Crippen LogP contribution is -2.47. The summed E-state index contributed by atoms with van der Waals surface area (Å²) in [5.41, 5.74) is 3.35. The highest BCUT2D eigenvalue weighted by atomic mass is 16.5. The number of ether oxygens (including phenoxy) is 3. The van der Waals surface area contributed by atoms with Crippen LogP contribution in [0.25, 0.3) is 10.9 Å². The molecule has 1 fully saturated rings. The molecule has 2 amide bonds. The van der Waals surface area contributed by atoms with Crippen LogP contribution in [0.15, 0.2) is 72.9 Å². The van der Waals surface area contributed by atoms with Gasteiger partial charge in [-0.1, -0.05) is 67.8 Å². The fourth-order valence-corrected chi connectivity index (χ4v) is 5.91. The maximum atomic E-state index is 14.3. The molecular formula is C34H39N3O5. The summed E-state index contributed by atoms with van der Waals surface area (Å²) >= 11 is 0. The Kier molecular flexibility index (Phi) is 9.31. The van der Waals surface area contributed by atoms with Crippen molar-refractivity contribution in [1.29, 1.82) is 0 Å². The van der Waals surface area contributed by atoms with E-state index in [2.05, 4.69) is 10.3 Å². The molecule has 1 unspecified atom stereocenters. The third-order valence-corrected chi connectivity index (χ3v) is 8.05. The third kappa shape index (κ3) is 6.38. The van der Waals surface area contributed by atoms with E-state index in [0.717, 1.165) is 47.7 Å². The second-order valence-corrected chi connectivity index (χ2v) is 10.7. The van der Waals surface area contributed by atoms with Crippen molar-refractivity contribution in [3.8, 4) is 17.2 Å². The van der Waals surface area contributed by atoms with Gasteiger partial charge in [-0.15, -0.1) is 0 Å². The number of aromatic amines is 1. The van der Waals surface area contributed by atoms with Gasteiger partial charge in [0.1, 0.15) is 6.04 Å². The monoisotopic (exact) mass is 569 g/mol. The average molecular weight is 570 g/mol. The Morgan fingerprint density at radius 1 is 0.905 bits per heavy atom. The molecule has 5 rings (SSSR count). The van der Waals surface area contributed by atoms with Gasteiger partial charge in [-0.3, -0.25) is 9.59 Å². The van der Waals surface area contributed by atoms with Gasteiger partial charge < -0.3 is 29.4 Å². The van der Waals surface area contributed by atoms with Gasteiger partial charge >= 0.3 is 0 Å². The van der Waals surface area contributed by atoms with Crippen molar-refractivity contribution >= 4 is 22.7 Å². The van der Waals surface area contributed by atoms with Crippen LogP contribution in [0.4, 0.5) is 0 Å². The summed E-state index contributed by atoms with van der Waals surface area (Å²) in [5, 5.41) is 4.27. The fraction of sp³-hybridized carbons (Fsp3) is 0.353. The van der Waals surface area contributed by atoms with Crippen molar-refractivity contribution in [2.45, 2.75) is 57.2 Å². The van der Waals surface area contributed by atoms with E-state index in [1.165, 1.54) is 6.42 Å². The third-order valence-electron chi connectivity index (χ3n) is 8.05. The number of hydrogen-bond acceptors (Lipinski definition) is 5. The second kappa shape index (κ2) is 13.5. The van der Waals surface area contributed by atoms with Crippen LogP contribution in [0, 0.1) is 0 Å². The molecule has 2 N–H and O–H groups in total. The second-order valence-electron chi connectivity index (χ2n) is 10.7. The highest BCUT2D eigenvalue weighted by Gasteiger charge is 2.35. The van der Waals surface area contributed by atoms with Crippen LogP contribution in [0.1, 0.15) is 54.8 Å². The van der Waals surface area contributed by atoms with Crippen LogP contribution in [0.5, 0.6) is 17.2 Å². The van der Waals surface area contributed by atoms with Crippen molar-refractivity contribution in [2.75, 3.05) is 21.3 Å². The number of methoxy groups -OCH3 is 3.